The lowest BCUT2D eigenvalue weighted by atomic mass is 10.3. The van der Waals surface area contributed by atoms with Gasteiger partial charge in [0.25, 0.3) is 5.91 Å². The number of thiophene rings is 1. The van der Waals surface area contributed by atoms with Gasteiger partial charge in [-0.15, -0.1) is 11.3 Å². The lowest BCUT2D eigenvalue weighted by Crippen LogP contribution is -2.29. The number of amides is 1. The number of hydrogen-bond donors (Lipinski definition) is 1. The molecule has 12 heavy (non-hydrogen) atoms. The second kappa shape index (κ2) is 3.72. The van der Waals surface area contributed by atoms with Gasteiger partial charge in [-0.2, -0.15) is 0 Å². The number of aryl methyl sites for hydroxylation is 1. The van der Waals surface area contributed by atoms with Crippen molar-refractivity contribution in [3.63, 3.8) is 0 Å². The molecule has 0 fully saturated rings. The van der Waals surface area contributed by atoms with Gasteiger partial charge in [0.05, 0.1) is 5.56 Å². The van der Waals surface area contributed by atoms with Crippen LogP contribution >= 0.6 is 11.3 Å². The first kappa shape index (κ1) is 9.26. The van der Waals surface area contributed by atoms with E-state index < -0.39 is 0 Å². The van der Waals surface area contributed by atoms with Crippen molar-refractivity contribution in [1.29, 1.82) is 0 Å². The van der Waals surface area contributed by atoms with Crippen LogP contribution in [0, 0.1) is 6.92 Å². The molecule has 2 nitrogen and oxygen atoms in total. The van der Waals surface area contributed by atoms with E-state index in [2.05, 4.69) is 5.32 Å². The maximum atomic E-state index is 11.4. The first-order valence-corrected chi connectivity index (χ1v) is 4.83. The van der Waals surface area contributed by atoms with E-state index in [0.29, 0.717) is 0 Å². The van der Waals surface area contributed by atoms with Crippen LogP contribution < -0.4 is 5.32 Å². The zero-order valence-electron chi connectivity index (χ0n) is 7.55. The molecule has 0 saturated carbocycles. The van der Waals surface area contributed by atoms with Crippen LogP contribution in [-0.2, 0) is 0 Å². The van der Waals surface area contributed by atoms with Crippen molar-refractivity contribution in [2.45, 2.75) is 26.8 Å². The molecule has 0 saturated heterocycles. The molecule has 1 amide bonds. The minimum atomic E-state index is 0.0225. The molecule has 1 aromatic heterocycles. The fraction of sp³-hybridized carbons (Fsp3) is 0.444. The number of carbonyl (C=O) groups excluding carboxylic acids is 1. The van der Waals surface area contributed by atoms with Gasteiger partial charge >= 0.3 is 0 Å². The van der Waals surface area contributed by atoms with Crippen LogP contribution in [0.5, 0.6) is 0 Å². The van der Waals surface area contributed by atoms with E-state index in [1.54, 1.807) is 11.3 Å². The quantitative estimate of drug-likeness (QED) is 0.748. The molecule has 1 N–H and O–H groups in total. The summed E-state index contributed by atoms with van der Waals surface area (Å²) in [7, 11) is 0. The summed E-state index contributed by atoms with van der Waals surface area (Å²) in [6, 6.07) is 2.11. The highest BCUT2D eigenvalue weighted by atomic mass is 32.1. The fourth-order valence-corrected chi connectivity index (χ4v) is 1.59. The van der Waals surface area contributed by atoms with E-state index in [9.17, 15) is 4.79 Å². The molecule has 0 radical (unpaired) electrons. The Balaban J connectivity index is 2.65. The third-order valence-corrected chi connectivity index (χ3v) is 2.27. The van der Waals surface area contributed by atoms with Crippen LogP contribution in [0.15, 0.2) is 11.4 Å². The largest absolute Gasteiger partial charge is 0.350 e. The topological polar surface area (TPSA) is 29.1 Å². The molecule has 0 unspecified atom stereocenters. The van der Waals surface area contributed by atoms with Crippen LogP contribution in [0.3, 0.4) is 0 Å². The van der Waals surface area contributed by atoms with Gasteiger partial charge in [0, 0.05) is 16.3 Å². The Morgan fingerprint density at radius 1 is 1.58 bits per heavy atom. The van der Waals surface area contributed by atoms with Crippen LogP contribution in [0.2, 0.25) is 0 Å². The molecule has 1 heterocycles. The van der Waals surface area contributed by atoms with Crippen LogP contribution in [0.4, 0.5) is 0 Å². The van der Waals surface area contributed by atoms with Crippen molar-refractivity contribution in [3.05, 3.63) is 21.9 Å². The van der Waals surface area contributed by atoms with Crippen molar-refractivity contribution < 1.29 is 4.79 Å². The third kappa shape index (κ3) is 2.34. The summed E-state index contributed by atoms with van der Waals surface area (Å²) in [6.07, 6.45) is 0. The highest BCUT2D eigenvalue weighted by Gasteiger charge is 2.07. The van der Waals surface area contributed by atoms with E-state index in [0.717, 1.165) is 5.56 Å². The molecule has 0 aromatic carbocycles. The van der Waals surface area contributed by atoms with E-state index in [1.165, 1.54) is 4.88 Å². The highest BCUT2D eigenvalue weighted by Crippen LogP contribution is 2.12. The fourth-order valence-electron chi connectivity index (χ4n) is 0.908. The Bertz CT molecular complexity index is 278. The molecule has 3 heteroatoms. The molecule has 0 aliphatic rings. The van der Waals surface area contributed by atoms with Crippen LogP contribution in [0.25, 0.3) is 0 Å². The number of nitrogens with one attached hydrogen (secondary N) is 1. The van der Waals surface area contributed by atoms with Crippen molar-refractivity contribution in [2.75, 3.05) is 0 Å². The zero-order valence-corrected chi connectivity index (χ0v) is 8.37. The van der Waals surface area contributed by atoms with Gasteiger partial charge in [0.15, 0.2) is 0 Å². The lowest BCUT2D eigenvalue weighted by molar-refractivity contribution is 0.0943. The van der Waals surface area contributed by atoms with Gasteiger partial charge < -0.3 is 5.32 Å². The second-order valence-corrected chi connectivity index (χ2v) is 4.19. The van der Waals surface area contributed by atoms with E-state index in [-0.39, 0.29) is 11.9 Å². The molecule has 66 valence electrons. The molecule has 0 spiro atoms. The van der Waals surface area contributed by atoms with Crippen molar-refractivity contribution in [1.82, 2.24) is 5.32 Å². The summed E-state index contributed by atoms with van der Waals surface area (Å²) < 4.78 is 0. The predicted octanol–water partition coefficient (Wildman–Crippen LogP) is 2.19. The average Bonchev–Trinajstić information content (AvgIpc) is 2.34. The Labute approximate surface area is 76.6 Å². The Morgan fingerprint density at radius 2 is 2.25 bits per heavy atom. The zero-order chi connectivity index (χ0) is 9.14. The Hall–Kier alpha value is -0.830. The van der Waals surface area contributed by atoms with Gasteiger partial charge in [-0.1, -0.05) is 0 Å². The minimum Gasteiger partial charge on any atom is -0.350 e. The maximum Gasteiger partial charge on any atom is 0.252 e. The van der Waals surface area contributed by atoms with Gasteiger partial charge in [0.2, 0.25) is 0 Å². The van der Waals surface area contributed by atoms with E-state index in [4.69, 9.17) is 0 Å². The first-order chi connectivity index (χ1) is 5.59. The molecule has 1 aromatic rings. The third-order valence-electron chi connectivity index (χ3n) is 1.41. The average molecular weight is 183 g/mol. The molecular formula is C9H13NOS. The molecule has 0 atom stereocenters. The molecule has 1 rings (SSSR count). The van der Waals surface area contributed by atoms with Gasteiger partial charge in [-0.3, -0.25) is 4.79 Å². The number of carbonyl (C=O) groups is 1. The Kier molecular flexibility index (Phi) is 2.87. The van der Waals surface area contributed by atoms with E-state index >= 15 is 0 Å². The van der Waals surface area contributed by atoms with E-state index in [1.807, 2.05) is 32.2 Å². The smallest absolute Gasteiger partial charge is 0.252 e. The Morgan fingerprint density at radius 3 is 2.67 bits per heavy atom. The van der Waals surface area contributed by atoms with Gasteiger partial charge in [-0.25, -0.2) is 0 Å². The van der Waals surface area contributed by atoms with Gasteiger partial charge in [0.1, 0.15) is 0 Å². The monoisotopic (exact) mass is 183 g/mol. The molecule has 0 aliphatic heterocycles. The number of hydrogen-bond acceptors (Lipinski definition) is 2. The standard InChI is InChI=1S/C9H13NOS/c1-6(2)10-9(11)8-4-7(3)12-5-8/h4-6H,1-3H3,(H,10,11). The molecule has 0 bridgehead atoms. The summed E-state index contributed by atoms with van der Waals surface area (Å²) in [5, 5.41) is 4.72. The van der Waals surface area contributed by atoms with Gasteiger partial charge in [-0.05, 0) is 26.8 Å². The second-order valence-electron chi connectivity index (χ2n) is 3.07. The van der Waals surface area contributed by atoms with Crippen molar-refractivity contribution in [3.8, 4) is 0 Å². The SMILES string of the molecule is Cc1cc(C(=O)NC(C)C)cs1. The first-order valence-electron chi connectivity index (χ1n) is 3.95. The summed E-state index contributed by atoms with van der Waals surface area (Å²) in [5.74, 6) is 0.0225. The minimum absolute atomic E-state index is 0.0225. The highest BCUT2D eigenvalue weighted by molar-refractivity contribution is 7.10. The molecular weight excluding hydrogens is 170 g/mol. The summed E-state index contributed by atoms with van der Waals surface area (Å²) in [5.41, 5.74) is 0.770. The van der Waals surface area contributed by atoms with Crippen molar-refractivity contribution in [2.24, 2.45) is 0 Å². The summed E-state index contributed by atoms with van der Waals surface area (Å²) >= 11 is 1.60. The lowest BCUT2D eigenvalue weighted by Gasteiger charge is -2.05. The molecule has 0 aliphatic carbocycles. The van der Waals surface area contributed by atoms with Crippen LogP contribution in [0.1, 0.15) is 29.1 Å². The predicted molar refractivity (Wildman–Crippen MR) is 51.7 cm³/mol. The summed E-state index contributed by atoms with van der Waals surface area (Å²) in [6.45, 7) is 5.91. The van der Waals surface area contributed by atoms with Crippen molar-refractivity contribution >= 4 is 17.2 Å². The maximum absolute atomic E-state index is 11.4. The van der Waals surface area contributed by atoms with Crippen LogP contribution in [-0.4, -0.2) is 11.9 Å². The number of rotatable bonds is 2. The summed E-state index contributed by atoms with van der Waals surface area (Å²) in [4.78, 5) is 12.5. The normalized spacial score (nSPS) is 10.3.